The first kappa shape index (κ1) is 12.8. The molecule has 2 nitrogen and oxygen atoms in total. The zero-order chi connectivity index (χ0) is 13.4. The number of rotatable bonds is 2. The molecule has 19 heavy (non-hydrogen) atoms. The Hall–Kier alpha value is -1.17. The van der Waals surface area contributed by atoms with Crippen molar-refractivity contribution in [2.24, 2.45) is 0 Å². The maximum atomic E-state index is 13.8. The van der Waals surface area contributed by atoms with Crippen molar-refractivity contribution in [3.8, 4) is 0 Å². The molecule has 0 amide bonds. The monoisotopic (exact) mass is 356 g/mol. The van der Waals surface area contributed by atoms with Gasteiger partial charge in [0.15, 0.2) is 10.9 Å². The number of fused-ring (bicyclic) bond motifs is 1. The second-order valence-corrected chi connectivity index (χ2v) is 6.21. The van der Waals surface area contributed by atoms with E-state index >= 15 is 0 Å². The highest BCUT2D eigenvalue weighted by molar-refractivity contribution is 9.10. The van der Waals surface area contributed by atoms with Gasteiger partial charge in [-0.2, -0.15) is 0 Å². The van der Waals surface area contributed by atoms with Crippen LogP contribution in [0.5, 0.6) is 0 Å². The molecule has 0 aliphatic carbocycles. The Balaban J connectivity index is 1.99. The zero-order valence-electron chi connectivity index (χ0n) is 9.45. The molecule has 0 atom stereocenters. The number of nitrogens with one attached hydrogen (secondary N) is 1. The van der Waals surface area contributed by atoms with Gasteiger partial charge in [-0.3, -0.25) is 0 Å². The number of benzene rings is 2. The molecule has 6 heteroatoms. The molecular weight excluding hydrogens is 351 g/mol. The minimum Gasteiger partial charge on any atom is -0.329 e. The van der Waals surface area contributed by atoms with Gasteiger partial charge in [-0.05, 0) is 30.3 Å². The molecule has 0 saturated carbocycles. The maximum Gasteiger partial charge on any atom is 0.188 e. The fraction of sp³-hybridized carbons (Fsp3) is 0. The molecule has 3 rings (SSSR count). The van der Waals surface area contributed by atoms with E-state index in [9.17, 15) is 4.39 Å². The summed E-state index contributed by atoms with van der Waals surface area (Å²) in [4.78, 5) is 4.40. The number of aromatic nitrogens is 1. The summed E-state index contributed by atoms with van der Waals surface area (Å²) in [6, 6.07) is 10.6. The molecule has 0 unspecified atom stereocenters. The summed E-state index contributed by atoms with van der Waals surface area (Å²) in [7, 11) is 0. The third-order valence-corrected chi connectivity index (χ3v) is 4.26. The van der Waals surface area contributed by atoms with Crippen molar-refractivity contribution in [3.05, 3.63) is 51.7 Å². The number of halogens is 3. The second-order valence-electron chi connectivity index (χ2n) is 3.86. The third-order valence-electron chi connectivity index (χ3n) is 2.54. The van der Waals surface area contributed by atoms with Crippen molar-refractivity contribution in [2.45, 2.75) is 0 Å². The molecule has 0 aliphatic rings. The highest BCUT2D eigenvalue weighted by atomic mass is 79.9. The number of thiazole rings is 1. The summed E-state index contributed by atoms with van der Waals surface area (Å²) in [5, 5.41) is 3.68. The molecule has 0 bridgehead atoms. The van der Waals surface area contributed by atoms with E-state index < -0.39 is 5.82 Å². The highest BCUT2D eigenvalue weighted by Crippen LogP contribution is 2.32. The van der Waals surface area contributed by atoms with E-state index in [1.165, 1.54) is 17.4 Å². The van der Waals surface area contributed by atoms with E-state index in [2.05, 4.69) is 26.2 Å². The van der Waals surface area contributed by atoms with Crippen LogP contribution in [0.15, 0.2) is 40.9 Å². The molecule has 0 radical (unpaired) electrons. The lowest BCUT2D eigenvalue weighted by Crippen LogP contribution is -1.93. The van der Waals surface area contributed by atoms with Crippen LogP contribution in [0.4, 0.5) is 15.2 Å². The Labute approximate surface area is 126 Å². The molecule has 1 heterocycles. The van der Waals surface area contributed by atoms with E-state index in [1.807, 2.05) is 18.2 Å². The fourth-order valence-corrected chi connectivity index (χ4v) is 3.27. The molecule has 2 aromatic carbocycles. The molecule has 0 fully saturated rings. The van der Waals surface area contributed by atoms with Crippen LogP contribution in [0, 0.1) is 5.82 Å². The summed E-state index contributed by atoms with van der Waals surface area (Å²) < 4.78 is 15.8. The van der Waals surface area contributed by atoms with E-state index in [1.54, 1.807) is 12.1 Å². The Morgan fingerprint density at radius 1 is 1.26 bits per heavy atom. The molecular formula is C13H7BrClFN2S. The van der Waals surface area contributed by atoms with Gasteiger partial charge in [0.25, 0.3) is 0 Å². The van der Waals surface area contributed by atoms with Crippen molar-refractivity contribution < 1.29 is 4.39 Å². The minimum absolute atomic E-state index is 0.0915. The normalized spacial score (nSPS) is 10.9. The van der Waals surface area contributed by atoms with Gasteiger partial charge in [-0.25, -0.2) is 9.37 Å². The van der Waals surface area contributed by atoms with E-state index in [0.29, 0.717) is 10.8 Å². The summed E-state index contributed by atoms with van der Waals surface area (Å²) in [6.07, 6.45) is 0. The fourth-order valence-electron chi connectivity index (χ4n) is 1.67. The van der Waals surface area contributed by atoms with Gasteiger partial charge in [-0.1, -0.05) is 44.9 Å². The molecule has 1 aromatic heterocycles. The first-order chi connectivity index (χ1) is 9.13. The standard InChI is InChI=1S/C13H7BrClFN2S/c14-7-4-5-9-11(6-7)19-13(17-9)18-10-3-1-2-8(15)12(10)16/h1-6H,(H,17,18). The van der Waals surface area contributed by atoms with Crippen LogP contribution in [0.2, 0.25) is 5.02 Å². The lowest BCUT2D eigenvalue weighted by molar-refractivity contribution is 0.632. The average molecular weight is 358 g/mol. The van der Waals surface area contributed by atoms with Crippen molar-refractivity contribution in [1.82, 2.24) is 4.98 Å². The number of hydrogen-bond donors (Lipinski definition) is 1. The first-order valence-corrected chi connectivity index (χ1v) is 7.39. The van der Waals surface area contributed by atoms with Crippen LogP contribution in [-0.2, 0) is 0 Å². The molecule has 3 aromatic rings. The molecule has 0 spiro atoms. The van der Waals surface area contributed by atoms with Crippen LogP contribution in [0.1, 0.15) is 0 Å². The van der Waals surface area contributed by atoms with Crippen LogP contribution in [0.3, 0.4) is 0 Å². The number of hydrogen-bond acceptors (Lipinski definition) is 3. The first-order valence-electron chi connectivity index (χ1n) is 5.40. The van der Waals surface area contributed by atoms with Crippen LogP contribution >= 0.6 is 38.9 Å². The summed E-state index contributed by atoms with van der Waals surface area (Å²) in [5.41, 5.74) is 1.20. The van der Waals surface area contributed by atoms with Crippen LogP contribution in [-0.4, -0.2) is 4.98 Å². The lowest BCUT2D eigenvalue weighted by Gasteiger charge is -2.04. The summed E-state index contributed by atoms with van der Waals surface area (Å²) in [6.45, 7) is 0. The number of nitrogens with zero attached hydrogens (tertiary/aromatic N) is 1. The molecule has 96 valence electrons. The van der Waals surface area contributed by atoms with Gasteiger partial charge in [0.1, 0.15) is 0 Å². The maximum absolute atomic E-state index is 13.8. The number of anilines is 2. The summed E-state index contributed by atoms with van der Waals surface area (Å²) >= 11 is 10.6. The van der Waals surface area contributed by atoms with Gasteiger partial charge in [0.05, 0.1) is 20.9 Å². The van der Waals surface area contributed by atoms with Gasteiger partial charge in [-0.15, -0.1) is 0 Å². The van der Waals surface area contributed by atoms with Crippen LogP contribution in [0.25, 0.3) is 10.2 Å². The Morgan fingerprint density at radius 2 is 2.11 bits per heavy atom. The van der Waals surface area contributed by atoms with Crippen molar-refractivity contribution in [2.75, 3.05) is 5.32 Å². The Morgan fingerprint density at radius 3 is 2.95 bits per heavy atom. The Bertz CT molecular complexity index is 759. The lowest BCUT2D eigenvalue weighted by atomic mass is 10.3. The molecule has 1 N–H and O–H groups in total. The predicted molar refractivity (Wildman–Crippen MR) is 82.0 cm³/mol. The third kappa shape index (κ3) is 2.59. The highest BCUT2D eigenvalue weighted by Gasteiger charge is 2.09. The van der Waals surface area contributed by atoms with E-state index in [-0.39, 0.29) is 5.02 Å². The zero-order valence-corrected chi connectivity index (χ0v) is 12.6. The minimum atomic E-state index is -0.468. The smallest absolute Gasteiger partial charge is 0.188 e. The average Bonchev–Trinajstić information content (AvgIpc) is 2.76. The van der Waals surface area contributed by atoms with Gasteiger partial charge in [0.2, 0.25) is 0 Å². The van der Waals surface area contributed by atoms with Gasteiger partial charge >= 0.3 is 0 Å². The van der Waals surface area contributed by atoms with Crippen molar-refractivity contribution in [3.63, 3.8) is 0 Å². The van der Waals surface area contributed by atoms with Crippen molar-refractivity contribution >= 4 is 59.9 Å². The summed E-state index contributed by atoms with van der Waals surface area (Å²) in [5.74, 6) is -0.468. The van der Waals surface area contributed by atoms with E-state index in [0.717, 1.165) is 14.7 Å². The second kappa shape index (κ2) is 5.07. The van der Waals surface area contributed by atoms with Crippen LogP contribution < -0.4 is 5.32 Å². The quantitative estimate of drug-likeness (QED) is 0.646. The Kier molecular flexibility index (Phi) is 3.43. The van der Waals surface area contributed by atoms with Crippen molar-refractivity contribution in [1.29, 1.82) is 0 Å². The largest absolute Gasteiger partial charge is 0.329 e. The van der Waals surface area contributed by atoms with Gasteiger partial charge < -0.3 is 5.32 Å². The topological polar surface area (TPSA) is 24.9 Å². The van der Waals surface area contributed by atoms with Gasteiger partial charge in [0, 0.05) is 4.47 Å². The van der Waals surface area contributed by atoms with E-state index in [4.69, 9.17) is 11.6 Å². The SMILES string of the molecule is Fc1c(Cl)cccc1Nc1nc2ccc(Br)cc2s1. The molecule has 0 aliphatic heterocycles. The molecule has 0 saturated heterocycles. The predicted octanol–water partition coefficient (Wildman–Crippen LogP) is 5.59.